The van der Waals surface area contributed by atoms with Gasteiger partial charge in [0, 0.05) is 6.04 Å². The van der Waals surface area contributed by atoms with Crippen LogP contribution in [0.4, 0.5) is 4.79 Å². The maximum absolute atomic E-state index is 11.6. The first-order chi connectivity index (χ1) is 8.66. The lowest BCUT2D eigenvalue weighted by atomic mass is 9.96. The molecule has 7 heteroatoms. The van der Waals surface area contributed by atoms with Crippen LogP contribution in [0.2, 0.25) is 0 Å². The normalized spacial score (nSPS) is 16.2. The van der Waals surface area contributed by atoms with E-state index in [-0.39, 0.29) is 17.6 Å². The minimum absolute atomic E-state index is 0.00575. The summed E-state index contributed by atoms with van der Waals surface area (Å²) in [4.78, 5) is 28.9. The van der Waals surface area contributed by atoms with Gasteiger partial charge in [-0.3, -0.25) is 4.79 Å². The first-order valence-corrected chi connectivity index (χ1v) is 5.98. The highest BCUT2D eigenvalue weighted by molar-refractivity contribution is 5.93. The molecule has 0 radical (unpaired) electrons. The molecule has 1 aliphatic carbocycles. The number of carbonyl (C=O) groups excluding carboxylic acids is 2. The van der Waals surface area contributed by atoms with Gasteiger partial charge in [0.15, 0.2) is 5.69 Å². The fraction of sp³-hybridized carbons (Fsp3) is 0.545. The minimum Gasteiger partial charge on any atom is -0.389 e. The standard InChI is InChI=1S/C11H16N4O3/c12-9(16)8-10(14-6-13-8)18-11(17)15-7-4-2-1-3-5-7/h6-7H,1-5H2,(H2,12,16)(H,13,14)(H,15,17). The molecule has 1 fully saturated rings. The molecule has 0 unspecified atom stereocenters. The van der Waals surface area contributed by atoms with Crippen LogP contribution in [-0.2, 0) is 0 Å². The second kappa shape index (κ2) is 5.52. The summed E-state index contributed by atoms with van der Waals surface area (Å²) in [5.41, 5.74) is 5.09. The number of aromatic nitrogens is 2. The van der Waals surface area contributed by atoms with Gasteiger partial charge in [0.1, 0.15) is 0 Å². The number of imidazole rings is 1. The first kappa shape index (κ1) is 12.4. The van der Waals surface area contributed by atoms with Gasteiger partial charge in [0.2, 0.25) is 0 Å². The van der Waals surface area contributed by atoms with Crippen LogP contribution in [0.5, 0.6) is 5.88 Å². The van der Waals surface area contributed by atoms with Crippen molar-refractivity contribution in [3.05, 3.63) is 12.0 Å². The van der Waals surface area contributed by atoms with Gasteiger partial charge in [-0.1, -0.05) is 19.3 Å². The molecule has 0 atom stereocenters. The van der Waals surface area contributed by atoms with Crippen LogP contribution in [0.15, 0.2) is 6.33 Å². The van der Waals surface area contributed by atoms with Gasteiger partial charge >= 0.3 is 6.09 Å². The second-order valence-electron chi connectivity index (χ2n) is 4.32. The van der Waals surface area contributed by atoms with Crippen LogP contribution < -0.4 is 15.8 Å². The van der Waals surface area contributed by atoms with Crippen molar-refractivity contribution in [2.75, 3.05) is 0 Å². The number of hydrogen-bond acceptors (Lipinski definition) is 4. The summed E-state index contributed by atoms with van der Waals surface area (Å²) in [7, 11) is 0. The number of amides is 2. The van der Waals surface area contributed by atoms with E-state index in [0.717, 1.165) is 25.7 Å². The Hall–Kier alpha value is -2.05. The molecule has 2 amide bonds. The number of ether oxygens (including phenoxy) is 1. The summed E-state index contributed by atoms with van der Waals surface area (Å²) in [6, 6.07) is 0.141. The van der Waals surface area contributed by atoms with Crippen LogP contribution >= 0.6 is 0 Å². The summed E-state index contributed by atoms with van der Waals surface area (Å²) >= 11 is 0. The molecule has 0 saturated heterocycles. The van der Waals surface area contributed by atoms with Crippen molar-refractivity contribution in [2.45, 2.75) is 38.1 Å². The van der Waals surface area contributed by atoms with Gasteiger partial charge in [-0.25, -0.2) is 9.78 Å². The molecule has 1 aromatic heterocycles. The lowest BCUT2D eigenvalue weighted by Gasteiger charge is -2.21. The van der Waals surface area contributed by atoms with Crippen LogP contribution in [-0.4, -0.2) is 28.0 Å². The quantitative estimate of drug-likeness (QED) is 0.743. The van der Waals surface area contributed by atoms with Crippen molar-refractivity contribution in [1.82, 2.24) is 15.3 Å². The van der Waals surface area contributed by atoms with E-state index in [2.05, 4.69) is 15.3 Å². The van der Waals surface area contributed by atoms with Crippen LogP contribution in [0.3, 0.4) is 0 Å². The molecule has 4 N–H and O–H groups in total. The number of rotatable bonds is 3. The molecule has 0 bridgehead atoms. The summed E-state index contributed by atoms with van der Waals surface area (Å²) in [6.45, 7) is 0. The van der Waals surface area contributed by atoms with E-state index in [1.807, 2.05) is 0 Å². The van der Waals surface area contributed by atoms with Crippen molar-refractivity contribution in [3.8, 4) is 5.88 Å². The molecular formula is C11H16N4O3. The SMILES string of the molecule is NC(=O)c1[nH]cnc1OC(=O)NC1CCCCC1. The van der Waals surface area contributed by atoms with Crippen molar-refractivity contribution >= 4 is 12.0 Å². The Morgan fingerprint density at radius 3 is 2.78 bits per heavy atom. The number of nitrogens with zero attached hydrogens (tertiary/aromatic N) is 1. The van der Waals surface area contributed by atoms with Gasteiger partial charge in [-0.05, 0) is 12.8 Å². The van der Waals surface area contributed by atoms with Crippen molar-refractivity contribution < 1.29 is 14.3 Å². The van der Waals surface area contributed by atoms with E-state index in [0.29, 0.717) is 0 Å². The highest BCUT2D eigenvalue weighted by Gasteiger charge is 2.19. The van der Waals surface area contributed by atoms with Crippen molar-refractivity contribution in [1.29, 1.82) is 0 Å². The third kappa shape index (κ3) is 2.99. The van der Waals surface area contributed by atoms with Crippen LogP contribution in [0.25, 0.3) is 0 Å². The number of carbonyl (C=O) groups is 2. The number of primary amides is 1. The van der Waals surface area contributed by atoms with Gasteiger partial charge in [0.05, 0.1) is 6.33 Å². The zero-order valence-electron chi connectivity index (χ0n) is 9.94. The van der Waals surface area contributed by atoms with E-state index < -0.39 is 12.0 Å². The lowest BCUT2D eigenvalue weighted by molar-refractivity contribution is 0.0993. The number of nitrogens with one attached hydrogen (secondary N) is 2. The van der Waals surface area contributed by atoms with E-state index in [4.69, 9.17) is 10.5 Å². The van der Waals surface area contributed by atoms with E-state index in [1.54, 1.807) is 0 Å². The highest BCUT2D eigenvalue weighted by atomic mass is 16.6. The topological polar surface area (TPSA) is 110 Å². The van der Waals surface area contributed by atoms with Gasteiger partial charge in [0.25, 0.3) is 11.8 Å². The van der Waals surface area contributed by atoms with E-state index in [1.165, 1.54) is 12.7 Å². The van der Waals surface area contributed by atoms with E-state index in [9.17, 15) is 9.59 Å². The maximum atomic E-state index is 11.6. The molecule has 98 valence electrons. The molecule has 0 aromatic carbocycles. The molecule has 18 heavy (non-hydrogen) atoms. The Balaban J connectivity index is 1.90. The highest BCUT2D eigenvalue weighted by Crippen LogP contribution is 2.18. The number of H-pyrrole nitrogens is 1. The average molecular weight is 252 g/mol. The first-order valence-electron chi connectivity index (χ1n) is 5.98. The zero-order chi connectivity index (χ0) is 13.0. The van der Waals surface area contributed by atoms with Gasteiger partial charge < -0.3 is 20.8 Å². The molecular weight excluding hydrogens is 236 g/mol. The minimum atomic E-state index is -0.715. The number of nitrogens with two attached hydrogens (primary N) is 1. The molecule has 2 rings (SSSR count). The van der Waals surface area contributed by atoms with Crippen molar-refractivity contribution in [2.24, 2.45) is 5.73 Å². The lowest BCUT2D eigenvalue weighted by Crippen LogP contribution is -2.38. The van der Waals surface area contributed by atoms with E-state index >= 15 is 0 Å². The average Bonchev–Trinajstić information content (AvgIpc) is 2.78. The summed E-state index contributed by atoms with van der Waals surface area (Å²) in [6.07, 6.45) is 5.99. The predicted octanol–water partition coefficient (Wildman–Crippen LogP) is 0.930. The smallest absolute Gasteiger partial charge is 0.389 e. The second-order valence-corrected chi connectivity index (χ2v) is 4.32. The third-order valence-corrected chi connectivity index (χ3v) is 2.97. The largest absolute Gasteiger partial charge is 0.414 e. The summed E-state index contributed by atoms with van der Waals surface area (Å²) in [5.74, 6) is -0.802. The molecule has 1 saturated carbocycles. The maximum Gasteiger partial charge on any atom is 0.414 e. The molecule has 1 aliphatic rings. The number of aromatic amines is 1. The predicted molar refractivity (Wildman–Crippen MR) is 63.1 cm³/mol. The Morgan fingerprint density at radius 2 is 2.11 bits per heavy atom. The van der Waals surface area contributed by atoms with Crippen LogP contribution in [0.1, 0.15) is 42.6 Å². The zero-order valence-corrected chi connectivity index (χ0v) is 9.94. The Kier molecular flexibility index (Phi) is 3.81. The molecule has 1 heterocycles. The van der Waals surface area contributed by atoms with Gasteiger partial charge in [-0.15, -0.1) is 0 Å². The Morgan fingerprint density at radius 1 is 1.39 bits per heavy atom. The molecule has 7 nitrogen and oxygen atoms in total. The Labute approximate surface area is 104 Å². The molecule has 0 spiro atoms. The monoisotopic (exact) mass is 252 g/mol. The molecule has 1 aromatic rings. The summed E-state index contributed by atoms with van der Waals surface area (Å²) in [5, 5.41) is 2.76. The van der Waals surface area contributed by atoms with Crippen molar-refractivity contribution in [3.63, 3.8) is 0 Å². The number of hydrogen-bond donors (Lipinski definition) is 3. The summed E-state index contributed by atoms with van der Waals surface area (Å²) < 4.78 is 4.96. The fourth-order valence-electron chi connectivity index (χ4n) is 2.07. The van der Waals surface area contributed by atoms with Crippen LogP contribution in [0, 0.1) is 0 Å². The molecule has 0 aliphatic heterocycles. The third-order valence-electron chi connectivity index (χ3n) is 2.97. The fourth-order valence-corrected chi connectivity index (χ4v) is 2.07. The van der Waals surface area contributed by atoms with Gasteiger partial charge in [-0.2, -0.15) is 0 Å². The Bertz CT molecular complexity index is 437.